The zero-order chi connectivity index (χ0) is 12.3. The fourth-order valence-electron chi connectivity index (χ4n) is 1.98. The number of nitrogens with zero attached hydrogens (tertiary/aromatic N) is 1. The van der Waals surface area contributed by atoms with E-state index in [1.54, 1.807) is 12.3 Å². The minimum absolute atomic E-state index is 0.221. The normalized spacial score (nSPS) is 23.6. The molecule has 2 N–H and O–H groups in total. The molecule has 1 unspecified atom stereocenters. The predicted octanol–water partition coefficient (Wildman–Crippen LogP) is 2.48. The number of carbonyl (C=O) groups is 1. The summed E-state index contributed by atoms with van der Waals surface area (Å²) in [4.78, 5) is 14.9. The van der Waals surface area contributed by atoms with Crippen LogP contribution in [0.1, 0.15) is 30.1 Å². The molecule has 17 heavy (non-hydrogen) atoms. The van der Waals surface area contributed by atoms with Crippen LogP contribution in [0.3, 0.4) is 0 Å². The molecule has 0 aliphatic carbocycles. The highest BCUT2D eigenvalue weighted by atomic mass is 32.2. The number of aromatic nitrogens is 1. The van der Waals surface area contributed by atoms with E-state index in [-0.39, 0.29) is 10.3 Å². The lowest BCUT2D eigenvalue weighted by Gasteiger charge is -2.24. The lowest BCUT2D eigenvalue weighted by atomic mass is 10.1. The first-order chi connectivity index (χ1) is 8.11. The number of carboxylic acid groups (broad SMARTS) is 1. The molecular weight excluding hydrogens is 236 g/mol. The van der Waals surface area contributed by atoms with Gasteiger partial charge >= 0.3 is 5.97 Å². The highest BCUT2D eigenvalue weighted by molar-refractivity contribution is 8.00. The van der Waals surface area contributed by atoms with Crippen LogP contribution >= 0.6 is 11.8 Å². The van der Waals surface area contributed by atoms with Gasteiger partial charge in [-0.05, 0) is 31.6 Å². The fourth-order valence-corrected chi connectivity index (χ4v) is 3.22. The molecule has 1 fully saturated rings. The lowest BCUT2D eigenvalue weighted by molar-refractivity contribution is 0.0697. The van der Waals surface area contributed by atoms with Gasteiger partial charge < -0.3 is 10.4 Å². The average molecular weight is 252 g/mol. The third-order valence-corrected chi connectivity index (χ3v) is 4.54. The van der Waals surface area contributed by atoms with Crippen LogP contribution in [0.5, 0.6) is 0 Å². The van der Waals surface area contributed by atoms with E-state index in [2.05, 4.69) is 17.2 Å². The number of hydrogen-bond acceptors (Lipinski definition) is 4. The number of rotatable bonds is 4. The Morgan fingerprint density at radius 1 is 1.71 bits per heavy atom. The van der Waals surface area contributed by atoms with Gasteiger partial charge in [-0.3, -0.25) is 4.98 Å². The minimum atomic E-state index is -0.940. The zero-order valence-electron chi connectivity index (χ0n) is 9.77. The molecule has 4 nitrogen and oxygen atoms in total. The summed E-state index contributed by atoms with van der Waals surface area (Å²) in [5.41, 5.74) is 0.889. The quantitative estimate of drug-likeness (QED) is 0.862. The van der Waals surface area contributed by atoms with Gasteiger partial charge in [-0.25, -0.2) is 4.79 Å². The molecule has 0 amide bonds. The van der Waals surface area contributed by atoms with Gasteiger partial charge in [-0.1, -0.05) is 0 Å². The fraction of sp³-hybridized carbons (Fsp3) is 0.500. The molecule has 1 aromatic heterocycles. The number of pyridine rings is 1. The standard InChI is InChI=1S/C12H16N2O2S/c1-12(4-2-6-17-12)8-14-10-3-5-13-7-9(10)11(15)16/h3,5,7H,2,4,6,8H2,1H3,(H,13,14)(H,15,16). The van der Waals surface area contributed by atoms with Crippen molar-refractivity contribution in [2.75, 3.05) is 17.6 Å². The molecule has 1 saturated heterocycles. The second kappa shape index (κ2) is 4.96. The second-order valence-electron chi connectivity index (χ2n) is 4.48. The molecule has 0 bridgehead atoms. The van der Waals surface area contributed by atoms with E-state index in [4.69, 9.17) is 5.11 Å². The van der Waals surface area contributed by atoms with E-state index in [1.807, 2.05) is 11.8 Å². The highest BCUT2D eigenvalue weighted by Gasteiger charge is 2.29. The van der Waals surface area contributed by atoms with Crippen molar-refractivity contribution in [3.63, 3.8) is 0 Å². The van der Waals surface area contributed by atoms with E-state index in [0.717, 1.165) is 6.54 Å². The molecule has 92 valence electrons. The van der Waals surface area contributed by atoms with E-state index in [0.29, 0.717) is 5.69 Å². The third-order valence-electron chi connectivity index (χ3n) is 3.00. The number of thioether (sulfide) groups is 1. The van der Waals surface area contributed by atoms with Gasteiger partial charge in [0, 0.05) is 23.7 Å². The van der Waals surface area contributed by atoms with Crippen LogP contribution < -0.4 is 5.32 Å². The Morgan fingerprint density at radius 2 is 2.53 bits per heavy atom. The van der Waals surface area contributed by atoms with Crippen molar-refractivity contribution in [1.82, 2.24) is 4.98 Å². The monoisotopic (exact) mass is 252 g/mol. The molecule has 1 aliphatic heterocycles. The van der Waals surface area contributed by atoms with Crippen molar-refractivity contribution < 1.29 is 9.90 Å². The van der Waals surface area contributed by atoms with Crippen LogP contribution in [-0.2, 0) is 0 Å². The van der Waals surface area contributed by atoms with Crippen LogP contribution in [0, 0.1) is 0 Å². The molecule has 0 aromatic carbocycles. The van der Waals surface area contributed by atoms with Crippen molar-refractivity contribution in [2.45, 2.75) is 24.5 Å². The maximum atomic E-state index is 11.0. The molecular formula is C12H16N2O2S. The highest BCUT2D eigenvalue weighted by Crippen LogP contribution is 2.37. The van der Waals surface area contributed by atoms with Crippen molar-refractivity contribution in [1.29, 1.82) is 0 Å². The summed E-state index contributed by atoms with van der Waals surface area (Å²) < 4.78 is 0.221. The van der Waals surface area contributed by atoms with Gasteiger partial charge in [-0.2, -0.15) is 11.8 Å². The molecule has 0 saturated carbocycles. The number of carboxylic acids is 1. The average Bonchev–Trinajstić information content (AvgIpc) is 2.74. The maximum absolute atomic E-state index is 11.0. The van der Waals surface area contributed by atoms with Crippen LogP contribution in [0.2, 0.25) is 0 Å². The number of aromatic carboxylic acids is 1. The number of nitrogens with one attached hydrogen (secondary N) is 1. The Bertz CT molecular complexity index is 417. The van der Waals surface area contributed by atoms with E-state index in [9.17, 15) is 4.79 Å². The van der Waals surface area contributed by atoms with Gasteiger partial charge in [0.2, 0.25) is 0 Å². The van der Waals surface area contributed by atoms with Crippen molar-refractivity contribution in [3.05, 3.63) is 24.0 Å². The summed E-state index contributed by atoms with van der Waals surface area (Å²) in [5, 5.41) is 12.3. The van der Waals surface area contributed by atoms with Gasteiger partial charge in [0.05, 0.1) is 5.69 Å². The Morgan fingerprint density at radius 3 is 3.18 bits per heavy atom. The Kier molecular flexibility index (Phi) is 3.57. The SMILES string of the molecule is CC1(CNc2ccncc2C(=O)O)CCCS1. The molecule has 2 heterocycles. The first kappa shape index (κ1) is 12.2. The maximum Gasteiger partial charge on any atom is 0.339 e. The molecule has 0 radical (unpaired) electrons. The summed E-state index contributed by atoms with van der Waals surface area (Å²) >= 11 is 1.95. The molecule has 1 atom stereocenters. The molecule has 0 spiro atoms. The molecule has 5 heteroatoms. The Labute approximate surface area is 105 Å². The van der Waals surface area contributed by atoms with Gasteiger partial charge in [-0.15, -0.1) is 0 Å². The lowest BCUT2D eigenvalue weighted by Crippen LogP contribution is -2.27. The van der Waals surface area contributed by atoms with Gasteiger partial charge in [0.25, 0.3) is 0 Å². The van der Waals surface area contributed by atoms with Gasteiger partial charge in [0.1, 0.15) is 5.56 Å². The summed E-state index contributed by atoms with van der Waals surface area (Å²) in [7, 11) is 0. The Balaban J connectivity index is 2.06. The van der Waals surface area contributed by atoms with Crippen molar-refractivity contribution in [2.24, 2.45) is 0 Å². The van der Waals surface area contributed by atoms with Crippen LogP contribution in [0.25, 0.3) is 0 Å². The van der Waals surface area contributed by atoms with Crippen LogP contribution in [-0.4, -0.2) is 33.1 Å². The predicted molar refractivity (Wildman–Crippen MR) is 69.8 cm³/mol. The summed E-state index contributed by atoms with van der Waals surface area (Å²) in [6.45, 7) is 3.02. The Hall–Kier alpha value is -1.23. The largest absolute Gasteiger partial charge is 0.478 e. The topological polar surface area (TPSA) is 62.2 Å². The van der Waals surface area contributed by atoms with E-state index in [1.165, 1.54) is 24.8 Å². The summed E-state index contributed by atoms with van der Waals surface area (Å²) in [5.74, 6) is 0.255. The van der Waals surface area contributed by atoms with Crippen LogP contribution in [0.4, 0.5) is 5.69 Å². The van der Waals surface area contributed by atoms with Crippen molar-refractivity contribution in [3.8, 4) is 0 Å². The second-order valence-corrected chi connectivity index (χ2v) is 6.16. The number of anilines is 1. The zero-order valence-corrected chi connectivity index (χ0v) is 10.6. The first-order valence-electron chi connectivity index (χ1n) is 5.66. The summed E-state index contributed by atoms with van der Waals surface area (Å²) in [6.07, 6.45) is 5.41. The molecule has 1 aromatic rings. The minimum Gasteiger partial charge on any atom is -0.478 e. The molecule has 2 rings (SSSR count). The summed E-state index contributed by atoms with van der Waals surface area (Å²) in [6, 6.07) is 1.71. The van der Waals surface area contributed by atoms with E-state index >= 15 is 0 Å². The smallest absolute Gasteiger partial charge is 0.339 e. The molecule has 1 aliphatic rings. The number of hydrogen-bond donors (Lipinski definition) is 2. The van der Waals surface area contributed by atoms with Crippen molar-refractivity contribution >= 4 is 23.4 Å². The van der Waals surface area contributed by atoms with Gasteiger partial charge in [0.15, 0.2) is 0 Å². The van der Waals surface area contributed by atoms with Crippen LogP contribution in [0.15, 0.2) is 18.5 Å². The van der Waals surface area contributed by atoms with E-state index < -0.39 is 5.97 Å². The first-order valence-corrected chi connectivity index (χ1v) is 6.64. The third kappa shape index (κ3) is 2.91.